The average Bonchev–Trinajstić information content (AvgIpc) is 3.58. The molecule has 2 N–H and O–H groups in total. The molecule has 2 fully saturated rings. The van der Waals surface area contributed by atoms with Crippen LogP contribution in [0.2, 0.25) is 0 Å². The molecule has 4 aliphatic heterocycles. The summed E-state index contributed by atoms with van der Waals surface area (Å²) in [6.45, 7) is 7.25. The Balaban J connectivity index is 0.000000162. The summed E-state index contributed by atoms with van der Waals surface area (Å²) in [7, 11) is 0. The van der Waals surface area contributed by atoms with E-state index in [2.05, 4.69) is 22.1 Å². The topological polar surface area (TPSA) is 153 Å². The number of halogens is 2. The van der Waals surface area contributed by atoms with Gasteiger partial charge in [0.05, 0.1) is 46.7 Å². The Morgan fingerprint density at radius 1 is 0.788 bits per heavy atom. The molecule has 0 bridgehead atoms. The minimum atomic E-state index is -1.75. The highest BCUT2D eigenvalue weighted by Crippen LogP contribution is 2.43. The number of aryl methyl sites for hydroxylation is 3. The van der Waals surface area contributed by atoms with Gasteiger partial charge >= 0.3 is 0 Å². The molecule has 2 saturated heterocycles. The van der Waals surface area contributed by atoms with Gasteiger partial charge in [-0.3, -0.25) is 14.5 Å². The van der Waals surface area contributed by atoms with Crippen LogP contribution in [0.3, 0.4) is 0 Å². The van der Waals surface area contributed by atoms with E-state index in [1.165, 1.54) is 17.0 Å². The molecular weight excluding hydrogens is 666 g/mol. The van der Waals surface area contributed by atoms with Gasteiger partial charge in [-0.1, -0.05) is 6.07 Å². The Morgan fingerprint density at radius 3 is 2.15 bits per heavy atom. The van der Waals surface area contributed by atoms with Crippen LogP contribution in [0.4, 0.5) is 31.5 Å². The van der Waals surface area contributed by atoms with Crippen LogP contribution in [0.5, 0.6) is 0 Å². The molecule has 0 spiro atoms. The van der Waals surface area contributed by atoms with Crippen LogP contribution in [0.1, 0.15) is 62.1 Å². The number of nitriles is 2. The van der Waals surface area contributed by atoms with Crippen molar-refractivity contribution in [1.82, 2.24) is 0 Å². The second kappa shape index (κ2) is 12.3. The van der Waals surface area contributed by atoms with Crippen molar-refractivity contribution in [3.8, 4) is 12.1 Å². The lowest BCUT2D eigenvalue weighted by Crippen LogP contribution is -2.48. The van der Waals surface area contributed by atoms with Gasteiger partial charge in [-0.25, -0.2) is 18.8 Å². The Hall–Kier alpha value is -6.08. The van der Waals surface area contributed by atoms with E-state index in [-0.39, 0.29) is 48.2 Å². The van der Waals surface area contributed by atoms with Gasteiger partial charge in [-0.15, -0.1) is 0 Å². The van der Waals surface area contributed by atoms with E-state index < -0.39 is 22.8 Å². The van der Waals surface area contributed by atoms with Crippen molar-refractivity contribution in [1.29, 1.82) is 10.5 Å². The van der Waals surface area contributed by atoms with Crippen LogP contribution in [0, 0.1) is 62.0 Å². The number of ketones is 1. The number of carbonyl (C=O) groups is 2. The average molecular weight is 699 g/mol. The fraction of sp³-hybridized carbons (Fsp3) is 0.250. The summed E-state index contributed by atoms with van der Waals surface area (Å²) in [5, 5.41) is 40.4. The third-order valence-corrected chi connectivity index (χ3v) is 10.1. The lowest BCUT2D eigenvalue weighted by Gasteiger charge is -2.30. The number of aliphatic imine (C=N–C) groups is 2. The van der Waals surface area contributed by atoms with Gasteiger partial charge in [0.25, 0.3) is 0 Å². The Bertz CT molecular complexity index is 2410. The number of nitrogens with zero attached hydrogens (tertiary/aromatic N) is 6. The third-order valence-electron chi connectivity index (χ3n) is 10.1. The molecule has 4 aromatic carbocycles. The Labute approximate surface area is 298 Å². The number of amidine groups is 2. The third kappa shape index (κ3) is 5.35. The van der Waals surface area contributed by atoms with E-state index in [1.807, 2.05) is 13.0 Å². The van der Waals surface area contributed by atoms with E-state index in [4.69, 9.17) is 5.26 Å². The van der Waals surface area contributed by atoms with Crippen molar-refractivity contribution in [3.05, 3.63) is 117 Å². The van der Waals surface area contributed by atoms with Gasteiger partial charge in [0.2, 0.25) is 11.7 Å². The van der Waals surface area contributed by atoms with Crippen molar-refractivity contribution < 1.29 is 28.6 Å². The summed E-state index contributed by atoms with van der Waals surface area (Å²) in [5.41, 5.74) is 3.01. The van der Waals surface area contributed by atoms with Gasteiger partial charge in [0.1, 0.15) is 28.9 Å². The first-order valence-corrected chi connectivity index (χ1v) is 16.6. The molecular formula is C40H32F2N6O4. The quantitative estimate of drug-likeness (QED) is 0.251. The Kier molecular flexibility index (Phi) is 8.13. The van der Waals surface area contributed by atoms with Crippen LogP contribution < -0.4 is 9.80 Å². The molecule has 0 aromatic heterocycles. The summed E-state index contributed by atoms with van der Waals surface area (Å²) < 4.78 is 27.8. The van der Waals surface area contributed by atoms with Crippen molar-refractivity contribution in [3.63, 3.8) is 0 Å². The predicted octanol–water partition coefficient (Wildman–Crippen LogP) is 6.25. The number of amides is 1. The number of hydrogen-bond donors (Lipinski definition) is 2. The molecule has 4 heterocycles. The van der Waals surface area contributed by atoms with Gasteiger partial charge in [0.15, 0.2) is 5.60 Å². The minimum absolute atomic E-state index is 0.109. The highest BCUT2D eigenvalue weighted by atomic mass is 19.1. The number of rotatable bonds is 2. The fourth-order valence-electron chi connectivity index (χ4n) is 7.20. The molecule has 1 amide bonds. The molecule has 0 aliphatic carbocycles. The molecule has 0 unspecified atom stereocenters. The molecule has 2 atom stereocenters. The molecule has 260 valence electrons. The van der Waals surface area contributed by atoms with E-state index in [1.54, 1.807) is 62.1 Å². The van der Waals surface area contributed by atoms with Crippen LogP contribution in [-0.4, -0.2) is 51.3 Å². The van der Waals surface area contributed by atoms with Gasteiger partial charge < -0.3 is 15.1 Å². The second-order valence-electron chi connectivity index (χ2n) is 13.6. The normalized spacial score (nSPS) is 21.1. The molecule has 8 rings (SSSR count). The first kappa shape index (κ1) is 34.4. The monoisotopic (exact) mass is 698 g/mol. The lowest BCUT2D eigenvalue weighted by molar-refractivity contribution is -0.118. The minimum Gasteiger partial charge on any atom is -0.381 e. The first-order valence-electron chi connectivity index (χ1n) is 16.6. The first-order chi connectivity index (χ1) is 24.7. The maximum Gasteiger partial charge on any atom is 0.235 e. The fourth-order valence-corrected chi connectivity index (χ4v) is 7.20. The van der Waals surface area contributed by atoms with E-state index in [0.717, 1.165) is 17.3 Å². The van der Waals surface area contributed by atoms with Gasteiger partial charge in [0, 0.05) is 30.6 Å². The van der Waals surface area contributed by atoms with Crippen molar-refractivity contribution >= 4 is 46.1 Å². The zero-order valence-electron chi connectivity index (χ0n) is 28.8. The summed E-state index contributed by atoms with van der Waals surface area (Å²) >= 11 is 0. The standard InChI is InChI=1S/2C20H16FN3O2/c1-11-7-14(4-3-13(11)10-22)24-6-5-20(26)18(25)15-9-16(21)12(2)8-17(15)23-19(20)24;1-11-6-16-14(7-15(11)21)8-20(26)9-18(25)24(19(20)23-16)17-5-3-4-13(10-22)12(17)2/h3-4,7-9,26H,5-6H2,1-2H3;3-7,26H,8-9H2,1-2H3/t2*20-/m10/s1. The predicted molar refractivity (Wildman–Crippen MR) is 190 cm³/mol. The molecule has 12 heteroatoms. The Morgan fingerprint density at radius 2 is 1.46 bits per heavy atom. The number of hydrogen-bond acceptors (Lipinski definition) is 9. The van der Waals surface area contributed by atoms with Crippen LogP contribution in [0.15, 0.2) is 70.6 Å². The van der Waals surface area contributed by atoms with E-state index in [0.29, 0.717) is 57.0 Å². The zero-order valence-corrected chi connectivity index (χ0v) is 28.8. The highest BCUT2D eigenvalue weighted by molar-refractivity contribution is 6.29. The number of aliphatic hydroxyl groups is 2. The molecule has 0 saturated carbocycles. The number of anilines is 2. The number of Topliss-reactive ketones (excluding diaryl/α,β-unsaturated/α-hetero) is 1. The molecule has 4 aliphatic rings. The SMILES string of the molecule is Cc1cc2c(cc1F)C(=O)[C@]1(O)CCN(c3ccc(C#N)c(C)c3)C1=N2.Cc1cc2c(cc1F)C[C@]1(O)CC(=O)N(c3cccc(C#N)c3C)C1=N2. The lowest BCUT2D eigenvalue weighted by atomic mass is 9.87. The number of carbonyl (C=O) groups excluding carboxylic acids is 2. The van der Waals surface area contributed by atoms with Crippen LogP contribution >= 0.6 is 0 Å². The summed E-state index contributed by atoms with van der Waals surface area (Å²) in [4.78, 5) is 37.8. The van der Waals surface area contributed by atoms with Gasteiger partial charge in [-0.2, -0.15) is 10.5 Å². The van der Waals surface area contributed by atoms with E-state index in [9.17, 15) is 33.8 Å². The van der Waals surface area contributed by atoms with Crippen LogP contribution in [0.25, 0.3) is 0 Å². The largest absolute Gasteiger partial charge is 0.381 e. The maximum atomic E-state index is 13.9. The van der Waals surface area contributed by atoms with Crippen molar-refractivity contribution in [2.24, 2.45) is 9.98 Å². The van der Waals surface area contributed by atoms with Gasteiger partial charge in [-0.05, 0) is 110 Å². The zero-order chi connectivity index (χ0) is 37.3. The van der Waals surface area contributed by atoms with Crippen molar-refractivity contribution in [2.75, 3.05) is 16.3 Å². The van der Waals surface area contributed by atoms with Crippen molar-refractivity contribution in [2.45, 2.75) is 58.2 Å². The smallest absolute Gasteiger partial charge is 0.235 e. The van der Waals surface area contributed by atoms with E-state index >= 15 is 0 Å². The second-order valence-corrected chi connectivity index (χ2v) is 13.6. The number of benzene rings is 4. The molecule has 10 nitrogen and oxygen atoms in total. The summed E-state index contributed by atoms with van der Waals surface area (Å²) in [6, 6.07) is 20.3. The molecule has 0 radical (unpaired) electrons. The molecule has 4 aromatic rings. The molecule has 52 heavy (non-hydrogen) atoms. The highest BCUT2D eigenvalue weighted by Gasteiger charge is 2.53. The van der Waals surface area contributed by atoms with Crippen LogP contribution in [-0.2, 0) is 11.2 Å². The number of fused-ring (bicyclic) bond motifs is 4. The maximum absolute atomic E-state index is 13.9. The summed E-state index contributed by atoms with van der Waals surface area (Å²) in [5.74, 6) is -1.18. The summed E-state index contributed by atoms with van der Waals surface area (Å²) in [6.07, 6.45) is 0.174.